The SMILES string of the molecule is CN(C(=O)C1CCCc2ccccc21)C1CCC(=O)CC1. The summed E-state index contributed by atoms with van der Waals surface area (Å²) in [7, 11) is 1.92. The summed E-state index contributed by atoms with van der Waals surface area (Å²) >= 11 is 0. The predicted molar refractivity (Wildman–Crippen MR) is 82.2 cm³/mol. The number of carbonyl (C=O) groups excluding carboxylic acids is 2. The molecule has 3 heteroatoms. The highest BCUT2D eigenvalue weighted by atomic mass is 16.2. The molecule has 0 saturated heterocycles. The minimum absolute atomic E-state index is 0.0116. The maximum atomic E-state index is 12.9. The summed E-state index contributed by atoms with van der Waals surface area (Å²) in [4.78, 5) is 26.2. The van der Waals surface area contributed by atoms with E-state index in [1.54, 1.807) is 0 Å². The first kappa shape index (κ1) is 14.3. The lowest BCUT2D eigenvalue weighted by molar-refractivity contribution is -0.136. The number of aryl methyl sites for hydroxylation is 1. The summed E-state index contributed by atoms with van der Waals surface area (Å²) in [5, 5.41) is 0. The number of ketones is 1. The van der Waals surface area contributed by atoms with Crippen LogP contribution < -0.4 is 0 Å². The van der Waals surface area contributed by atoms with Crippen molar-refractivity contribution in [2.45, 2.75) is 56.9 Å². The average Bonchev–Trinajstić information content (AvgIpc) is 2.53. The summed E-state index contributed by atoms with van der Waals surface area (Å²) in [6.07, 6.45) is 6.04. The van der Waals surface area contributed by atoms with Crippen LogP contribution in [-0.2, 0) is 16.0 Å². The van der Waals surface area contributed by atoms with Gasteiger partial charge in [-0.3, -0.25) is 9.59 Å². The molecule has 0 heterocycles. The Morgan fingerprint density at radius 3 is 2.57 bits per heavy atom. The zero-order chi connectivity index (χ0) is 14.8. The summed E-state index contributed by atoms with van der Waals surface area (Å²) in [6, 6.07) is 8.58. The first-order valence-corrected chi connectivity index (χ1v) is 8.03. The van der Waals surface area contributed by atoms with Crippen molar-refractivity contribution in [2.24, 2.45) is 0 Å². The number of fused-ring (bicyclic) bond motifs is 1. The van der Waals surface area contributed by atoms with E-state index < -0.39 is 0 Å². The first-order chi connectivity index (χ1) is 10.2. The molecule has 2 aliphatic rings. The van der Waals surface area contributed by atoms with Gasteiger partial charge in [-0.1, -0.05) is 24.3 Å². The molecule has 1 aromatic carbocycles. The van der Waals surface area contributed by atoms with Gasteiger partial charge < -0.3 is 4.90 Å². The molecule has 1 saturated carbocycles. The van der Waals surface area contributed by atoms with Crippen LogP contribution in [0.1, 0.15) is 55.6 Å². The van der Waals surface area contributed by atoms with Gasteiger partial charge in [-0.05, 0) is 43.2 Å². The quantitative estimate of drug-likeness (QED) is 0.837. The number of hydrogen-bond acceptors (Lipinski definition) is 2. The van der Waals surface area contributed by atoms with E-state index in [2.05, 4.69) is 18.2 Å². The smallest absolute Gasteiger partial charge is 0.230 e. The molecule has 0 radical (unpaired) electrons. The van der Waals surface area contributed by atoms with E-state index in [1.165, 1.54) is 11.1 Å². The van der Waals surface area contributed by atoms with Gasteiger partial charge in [0.1, 0.15) is 5.78 Å². The largest absolute Gasteiger partial charge is 0.342 e. The summed E-state index contributed by atoms with van der Waals surface area (Å²) in [5.74, 6) is 0.592. The third-order valence-electron chi connectivity index (χ3n) is 5.08. The van der Waals surface area contributed by atoms with Crippen molar-refractivity contribution in [3.63, 3.8) is 0 Å². The van der Waals surface area contributed by atoms with Gasteiger partial charge >= 0.3 is 0 Å². The Morgan fingerprint density at radius 1 is 1.10 bits per heavy atom. The molecule has 1 fully saturated rings. The molecule has 0 spiro atoms. The fraction of sp³-hybridized carbons (Fsp3) is 0.556. The van der Waals surface area contributed by atoms with E-state index in [0.717, 1.165) is 32.1 Å². The number of carbonyl (C=O) groups is 2. The van der Waals surface area contributed by atoms with Crippen LogP contribution in [0.15, 0.2) is 24.3 Å². The Balaban J connectivity index is 1.75. The molecular weight excluding hydrogens is 262 g/mol. The van der Waals surface area contributed by atoms with Crippen molar-refractivity contribution in [1.29, 1.82) is 0 Å². The summed E-state index contributed by atoms with van der Waals surface area (Å²) in [5.41, 5.74) is 2.54. The highest BCUT2D eigenvalue weighted by Gasteiger charge is 2.32. The Morgan fingerprint density at radius 2 is 1.81 bits per heavy atom. The van der Waals surface area contributed by atoms with Crippen LogP contribution in [0.2, 0.25) is 0 Å². The Labute approximate surface area is 126 Å². The molecule has 112 valence electrons. The van der Waals surface area contributed by atoms with Gasteiger partial charge in [-0.25, -0.2) is 0 Å². The average molecular weight is 285 g/mol. The van der Waals surface area contributed by atoms with Gasteiger partial charge in [0.05, 0.1) is 5.92 Å². The number of rotatable bonds is 2. The second-order valence-corrected chi connectivity index (χ2v) is 6.36. The zero-order valence-electron chi connectivity index (χ0n) is 12.7. The zero-order valence-corrected chi connectivity index (χ0v) is 12.7. The highest BCUT2D eigenvalue weighted by Crippen LogP contribution is 2.34. The second kappa shape index (κ2) is 6.00. The molecule has 3 rings (SSSR count). The normalized spacial score (nSPS) is 22.7. The van der Waals surface area contributed by atoms with Crippen molar-refractivity contribution in [3.8, 4) is 0 Å². The van der Waals surface area contributed by atoms with Gasteiger partial charge in [-0.2, -0.15) is 0 Å². The molecular formula is C18H23NO2. The highest BCUT2D eigenvalue weighted by molar-refractivity contribution is 5.85. The van der Waals surface area contributed by atoms with E-state index >= 15 is 0 Å². The van der Waals surface area contributed by atoms with E-state index in [-0.39, 0.29) is 17.9 Å². The summed E-state index contributed by atoms with van der Waals surface area (Å²) < 4.78 is 0. The first-order valence-electron chi connectivity index (χ1n) is 8.03. The van der Waals surface area contributed by atoms with Crippen LogP contribution in [0.3, 0.4) is 0 Å². The molecule has 21 heavy (non-hydrogen) atoms. The van der Waals surface area contributed by atoms with E-state index in [1.807, 2.05) is 18.0 Å². The lowest BCUT2D eigenvalue weighted by Gasteiger charge is -2.35. The van der Waals surface area contributed by atoms with E-state index in [0.29, 0.717) is 18.6 Å². The molecule has 3 nitrogen and oxygen atoms in total. The number of hydrogen-bond donors (Lipinski definition) is 0. The van der Waals surface area contributed by atoms with Crippen LogP contribution in [0.4, 0.5) is 0 Å². The maximum absolute atomic E-state index is 12.9. The molecule has 0 bridgehead atoms. The van der Waals surface area contributed by atoms with E-state index in [9.17, 15) is 9.59 Å². The summed E-state index contributed by atoms with van der Waals surface area (Å²) in [6.45, 7) is 0. The standard InChI is InChI=1S/C18H23NO2/c1-19(14-9-11-15(20)12-10-14)18(21)17-8-4-6-13-5-2-3-7-16(13)17/h2-3,5,7,14,17H,4,6,8-12H2,1H3. The van der Waals surface area contributed by atoms with Gasteiger partial charge in [0.15, 0.2) is 0 Å². The minimum Gasteiger partial charge on any atom is -0.342 e. The van der Waals surface area contributed by atoms with Crippen molar-refractivity contribution >= 4 is 11.7 Å². The Hall–Kier alpha value is -1.64. The molecule has 0 aliphatic heterocycles. The van der Waals surface area contributed by atoms with Crippen molar-refractivity contribution in [3.05, 3.63) is 35.4 Å². The van der Waals surface area contributed by atoms with Crippen LogP contribution in [-0.4, -0.2) is 29.7 Å². The minimum atomic E-state index is 0.0116. The predicted octanol–water partition coefficient (Wildman–Crippen LogP) is 3.08. The molecule has 2 aliphatic carbocycles. The number of benzene rings is 1. The number of amides is 1. The number of nitrogens with zero attached hydrogens (tertiary/aromatic N) is 1. The van der Waals surface area contributed by atoms with Crippen LogP contribution in [0.5, 0.6) is 0 Å². The maximum Gasteiger partial charge on any atom is 0.230 e. The number of likely N-dealkylation sites (N-methyl/N-ethyl adjacent to an activating group) is 1. The van der Waals surface area contributed by atoms with Gasteiger partial charge in [0, 0.05) is 25.9 Å². The Kier molecular flexibility index (Phi) is 4.09. The topological polar surface area (TPSA) is 37.4 Å². The Bertz CT molecular complexity index is 542. The fourth-order valence-corrected chi connectivity index (χ4v) is 3.75. The molecule has 1 unspecified atom stereocenters. The molecule has 1 aromatic rings. The lowest BCUT2D eigenvalue weighted by Crippen LogP contribution is -2.42. The third-order valence-corrected chi connectivity index (χ3v) is 5.08. The second-order valence-electron chi connectivity index (χ2n) is 6.36. The lowest BCUT2D eigenvalue weighted by atomic mass is 9.81. The van der Waals surface area contributed by atoms with Crippen LogP contribution in [0, 0.1) is 0 Å². The van der Waals surface area contributed by atoms with Crippen molar-refractivity contribution in [1.82, 2.24) is 4.90 Å². The van der Waals surface area contributed by atoms with Gasteiger partial charge in [0.2, 0.25) is 5.91 Å². The monoisotopic (exact) mass is 285 g/mol. The molecule has 0 N–H and O–H groups in total. The third kappa shape index (κ3) is 2.87. The van der Waals surface area contributed by atoms with E-state index in [4.69, 9.17) is 0 Å². The molecule has 1 amide bonds. The van der Waals surface area contributed by atoms with Crippen LogP contribution in [0.25, 0.3) is 0 Å². The van der Waals surface area contributed by atoms with Gasteiger partial charge in [-0.15, -0.1) is 0 Å². The molecule has 1 atom stereocenters. The fourth-order valence-electron chi connectivity index (χ4n) is 3.75. The van der Waals surface area contributed by atoms with Crippen molar-refractivity contribution in [2.75, 3.05) is 7.05 Å². The van der Waals surface area contributed by atoms with Crippen LogP contribution >= 0.6 is 0 Å². The number of Topliss-reactive ketones (excluding diaryl/α,β-unsaturated/α-hetero) is 1. The molecule has 0 aromatic heterocycles. The van der Waals surface area contributed by atoms with Crippen molar-refractivity contribution < 1.29 is 9.59 Å². The van der Waals surface area contributed by atoms with Gasteiger partial charge in [0.25, 0.3) is 0 Å².